The Hall–Kier alpha value is -1.16. The van der Waals surface area contributed by atoms with Gasteiger partial charge in [-0.2, -0.15) is 0 Å². The monoisotopic (exact) mass is 219 g/mol. The molecule has 0 saturated heterocycles. The highest BCUT2D eigenvalue weighted by atomic mass is 19.1. The van der Waals surface area contributed by atoms with Gasteiger partial charge in [-0.1, -0.05) is 36.1 Å². The lowest BCUT2D eigenvalue weighted by Gasteiger charge is -2.12. The van der Waals surface area contributed by atoms with Gasteiger partial charge in [0.25, 0.3) is 0 Å². The molecule has 0 bridgehead atoms. The minimum absolute atomic E-state index is 0.137. The number of hydrogen-bond donors (Lipinski definition) is 1. The van der Waals surface area contributed by atoms with E-state index in [-0.39, 0.29) is 12.2 Å². The van der Waals surface area contributed by atoms with Crippen LogP contribution in [0.2, 0.25) is 5.82 Å². The zero-order chi connectivity index (χ0) is 11.8. The van der Waals surface area contributed by atoms with Crippen molar-refractivity contribution >= 4 is 14.1 Å². The van der Waals surface area contributed by atoms with E-state index in [4.69, 9.17) is 18.0 Å². The first kappa shape index (κ1) is 12.9. The van der Waals surface area contributed by atoms with Gasteiger partial charge in [-0.05, 0) is 12.0 Å². The van der Waals surface area contributed by atoms with Crippen LogP contribution in [0, 0.1) is 5.41 Å². The molecule has 1 aromatic rings. The average Bonchev–Trinajstić information content (AvgIpc) is 2.30. The molecule has 16 heavy (non-hydrogen) atoms. The molecule has 1 N–H and O–H groups in total. The van der Waals surface area contributed by atoms with E-state index >= 15 is 0 Å². The molecule has 0 aliphatic carbocycles. The first-order chi connectivity index (χ1) is 7.72. The molecule has 2 nitrogen and oxygen atoms in total. The van der Waals surface area contributed by atoms with Crippen molar-refractivity contribution in [1.82, 2.24) is 0 Å². The Morgan fingerprint density at radius 1 is 1.38 bits per heavy atom. The molecule has 2 radical (unpaired) electrons. The van der Waals surface area contributed by atoms with Crippen LogP contribution in [0.5, 0.6) is 0 Å². The van der Waals surface area contributed by atoms with Gasteiger partial charge < -0.3 is 10.1 Å². The van der Waals surface area contributed by atoms with Crippen LogP contribution in [0.3, 0.4) is 0 Å². The van der Waals surface area contributed by atoms with Gasteiger partial charge >= 0.3 is 0 Å². The standard InChI is InChI=1S/C12H15BFNO/c13-11(6-12(14)7-15)9-16-8-10-4-2-1-3-5-10/h1-5,7,11-12,15H,6,8-9H2/t11-,12+/m1/s1. The maximum atomic E-state index is 12.8. The zero-order valence-corrected chi connectivity index (χ0v) is 9.10. The van der Waals surface area contributed by atoms with Gasteiger partial charge in [-0.25, -0.2) is 4.39 Å². The van der Waals surface area contributed by atoms with E-state index in [0.29, 0.717) is 13.2 Å². The van der Waals surface area contributed by atoms with Gasteiger partial charge in [0.05, 0.1) is 14.5 Å². The first-order valence-corrected chi connectivity index (χ1v) is 5.24. The molecule has 0 amide bonds. The van der Waals surface area contributed by atoms with Crippen molar-refractivity contribution in [2.75, 3.05) is 6.61 Å². The number of hydrogen-bond acceptors (Lipinski definition) is 2. The molecular weight excluding hydrogens is 204 g/mol. The summed E-state index contributed by atoms with van der Waals surface area (Å²) in [4.78, 5) is 0. The lowest BCUT2D eigenvalue weighted by Crippen LogP contribution is -2.11. The van der Waals surface area contributed by atoms with Crippen molar-refractivity contribution in [1.29, 1.82) is 5.41 Å². The highest BCUT2D eigenvalue weighted by Crippen LogP contribution is 2.12. The molecule has 0 saturated carbocycles. The minimum atomic E-state index is -1.27. The van der Waals surface area contributed by atoms with Gasteiger partial charge in [0.15, 0.2) is 0 Å². The first-order valence-electron chi connectivity index (χ1n) is 5.24. The minimum Gasteiger partial charge on any atom is -0.377 e. The van der Waals surface area contributed by atoms with E-state index in [0.717, 1.165) is 11.8 Å². The molecule has 84 valence electrons. The second kappa shape index (κ2) is 7.17. The molecule has 0 unspecified atom stereocenters. The van der Waals surface area contributed by atoms with Gasteiger partial charge in [0.1, 0.15) is 6.17 Å². The molecular formula is C12H15BFNO. The Bertz CT molecular complexity index is 307. The second-order valence-electron chi connectivity index (χ2n) is 3.68. The van der Waals surface area contributed by atoms with E-state index in [2.05, 4.69) is 0 Å². The van der Waals surface area contributed by atoms with Crippen molar-refractivity contribution in [3.8, 4) is 0 Å². The molecule has 1 aromatic carbocycles. The maximum absolute atomic E-state index is 12.8. The van der Waals surface area contributed by atoms with Crippen molar-refractivity contribution < 1.29 is 9.13 Å². The predicted octanol–water partition coefficient (Wildman–Crippen LogP) is 2.54. The summed E-state index contributed by atoms with van der Waals surface area (Å²) < 4.78 is 18.1. The molecule has 0 aromatic heterocycles. The Morgan fingerprint density at radius 2 is 2.06 bits per heavy atom. The largest absolute Gasteiger partial charge is 0.377 e. The Morgan fingerprint density at radius 3 is 2.69 bits per heavy atom. The van der Waals surface area contributed by atoms with Gasteiger partial charge in [0, 0.05) is 12.8 Å². The lowest BCUT2D eigenvalue weighted by molar-refractivity contribution is 0.115. The summed E-state index contributed by atoms with van der Waals surface area (Å²) in [5, 5.41) is 6.72. The fraction of sp³-hybridized carbons (Fsp3) is 0.417. The molecule has 0 aliphatic heterocycles. The molecule has 0 heterocycles. The van der Waals surface area contributed by atoms with E-state index in [1.54, 1.807) is 0 Å². The number of nitrogens with one attached hydrogen (secondary N) is 1. The van der Waals surface area contributed by atoms with Crippen LogP contribution in [-0.2, 0) is 11.3 Å². The van der Waals surface area contributed by atoms with Gasteiger partial charge in [-0.15, -0.1) is 0 Å². The topological polar surface area (TPSA) is 33.1 Å². The highest BCUT2D eigenvalue weighted by Gasteiger charge is 2.09. The van der Waals surface area contributed by atoms with Crippen LogP contribution >= 0.6 is 0 Å². The Kier molecular flexibility index (Phi) is 5.79. The smallest absolute Gasteiger partial charge is 0.134 e. The van der Waals surface area contributed by atoms with Crippen molar-refractivity contribution in [3.05, 3.63) is 35.9 Å². The number of rotatable bonds is 7. The normalized spacial score (nSPS) is 14.3. The molecule has 0 aliphatic rings. The Balaban J connectivity index is 2.18. The summed E-state index contributed by atoms with van der Waals surface area (Å²) in [5.41, 5.74) is 1.07. The average molecular weight is 219 g/mol. The van der Waals surface area contributed by atoms with E-state index < -0.39 is 6.17 Å². The number of benzene rings is 1. The SMILES string of the molecule is [B][C@@H](COCc1ccccc1)C[C@H](F)C=N. The summed E-state index contributed by atoms with van der Waals surface area (Å²) in [7, 11) is 5.65. The van der Waals surface area contributed by atoms with Gasteiger partial charge in [0.2, 0.25) is 0 Å². The number of ether oxygens (including phenoxy) is 1. The lowest BCUT2D eigenvalue weighted by atomic mass is 9.84. The Labute approximate surface area is 96.7 Å². The number of alkyl halides is 1. The fourth-order valence-corrected chi connectivity index (χ4v) is 1.33. The van der Waals surface area contributed by atoms with Gasteiger partial charge in [-0.3, -0.25) is 0 Å². The summed E-state index contributed by atoms with van der Waals surface area (Å²) >= 11 is 0. The number of halogens is 1. The van der Waals surface area contributed by atoms with Crippen LogP contribution in [0.4, 0.5) is 4.39 Å². The van der Waals surface area contributed by atoms with E-state index in [1.165, 1.54) is 0 Å². The molecule has 2 atom stereocenters. The third-order valence-corrected chi connectivity index (χ3v) is 2.15. The third-order valence-electron chi connectivity index (χ3n) is 2.15. The van der Waals surface area contributed by atoms with Crippen LogP contribution in [-0.4, -0.2) is 26.8 Å². The third kappa shape index (κ3) is 5.07. The van der Waals surface area contributed by atoms with E-state index in [9.17, 15) is 4.39 Å². The summed E-state index contributed by atoms with van der Waals surface area (Å²) in [6, 6.07) is 9.73. The molecule has 4 heteroatoms. The van der Waals surface area contributed by atoms with E-state index in [1.807, 2.05) is 30.3 Å². The summed E-state index contributed by atoms with van der Waals surface area (Å²) in [5.74, 6) is -0.361. The summed E-state index contributed by atoms with van der Waals surface area (Å²) in [6.45, 7) is 0.791. The maximum Gasteiger partial charge on any atom is 0.134 e. The molecule has 0 spiro atoms. The predicted molar refractivity (Wildman–Crippen MR) is 63.9 cm³/mol. The quantitative estimate of drug-likeness (QED) is 0.554. The van der Waals surface area contributed by atoms with Crippen LogP contribution in [0.25, 0.3) is 0 Å². The van der Waals surface area contributed by atoms with Crippen molar-refractivity contribution in [2.45, 2.75) is 25.0 Å². The molecule has 0 fully saturated rings. The second-order valence-corrected chi connectivity index (χ2v) is 3.68. The summed E-state index contributed by atoms with van der Waals surface area (Å²) in [6.07, 6.45) is -0.370. The van der Waals surface area contributed by atoms with Crippen molar-refractivity contribution in [2.24, 2.45) is 0 Å². The van der Waals surface area contributed by atoms with Crippen LogP contribution in [0.1, 0.15) is 12.0 Å². The zero-order valence-electron chi connectivity index (χ0n) is 9.10. The molecule has 1 rings (SSSR count). The van der Waals surface area contributed by atoms with Crippen LogP contribution in [0.15, 0.2) is 30.3 Å². The highest BCUT2D eigenvalue weighted by molar-refractivity contribution is 6.11. The van der Waals surface area contributed by atoms with Crippen LogP contribution < -0.4 is 0 Å². The fourth-order valence-electron chi connectivity index (χ4n) is 1.33. The van der Waals surface area contributed by atoms with Crippen molar-refractivity contribution in [3.63, 3.8) is 0 Å².